The summed E-state index contributed by atoms with van der Waals surface area (Å²) in [4.78, 5) is 50.3. The van der Waals surface area contributed by atoms with Gasteiger partial charge in [-0.3, -0.25) is 19.5 Å². The monoisotopic (exact) mass is 611 g/mol. The molecule has 10 nitrogen and oxygen atoms in total. The van der Waals surface area contributed by atoms with Crippen LogP contribution in [0.15, 0.2) is 36.2 Å². The quantitative estimate of drug-likeness (QED) is 0.489. The van der Waals surface area contributed by atoms with Crippen LogP contribution in [0.3, 0.4) is 0 Å². The van der Waals surface area contributed by atoms with Crippen LogP contribution in [0, 0.1) is 5.92 Å². The predicted octanol–water partition coefficient (Wildman–Crippen LogP) is 3.26. The smallest absolute Gasteiger partial charge is 0.407 e. The van der Waals surface area contributed by atoms with Crippen molar-refractivity contribution in [2.24, 2.45) is 5.92 Å². The second-order valence-electron chi connectivity index (χ2n) is 14.1. The summed E-state index contributed by atoms with van der Waals surface area (Å²) in [5, 5.41) is 2.95. The molecule has 0 spiro atoms. The van der Waals surface area contributed by atoms with Crippen molar-refractivity contribution in [3.63, 3.8) is 0 Å². The zero-order valence-electron chi connectivity index (χ0n) is 26.3. The van der Waals surface area contributed by atoms with E-state index in [9.17, 15) is 14.4 Å². The fourth-order valence-corrected chi connectivity index (χ4v) is 7.94. The Balaban J connectivity index is 1.22. The number of ketones is 1. The molecule has 3 aliphatic heterocycles. The maximum absolute atomic E-state index is 16.3. The van der Waals surface area contributed by atoms with E-state index in [1.165, 1.54) is 0 Å². The number of aromatic nitrogens is 1. The van der Waals surface area contributed by atoms with Gasteiger partial charge in [0.25, 0.3) is 5.91 Å². The Morgan fingerprint density at radius 3 is 2.73 bits per heavy atom. The number of fused-ring (bicyclic) bond motifs is 2. The van der Waals surface area contributed by atoms with Gasteiger partial charge in [-0.1, -0.05) is 18.9 Å². The molecule has 2 saturated carbocycles. The summed E-state index contributed by atoms with van der Waals surface area (Å²) in [5.74, 6) is -1.26. The molecule has 44 heavy (non-hydrogen) atoms. The van der Waals surface area contributed by atoms with E-state index in [0.717, 1.165) is 31.4 Å². The Hall–Kier alpha value is -3.05. The van der Waals surface area contributed by atoms with Crippen LogP contribution < -0.4 is 5.32 Å². The van der Waals surface area contributed by atoms with Gasteiger partial charge < -0.3 is 24.6 Å². The molecule has 4 heterocycles. The molecule has 5 aliphatic rings. The SMILES string of the molecule is CN(CCc1ccccn1)C(=O)C1=CN2C3CCCCC3OC3C(N4CCC(NC(=O)OC(C)(C)C)C4)C(F)CC(C1=O)C32. The van der Waals surface area contributed by atoms with Gasteiger partial charge in [-0.25, -0.2) is 9.18 Å². The number of Topliss-reactive ketones (excluding diaryl/α,β-unsaturated/α-hetero) is 1. The molecule has 8 atom stereocenters. The van der Waals surface area contributed by atoms with Crippen LogP contribution >= 0.6 is 0 Å². The highest BCUT2D eigenvalue weighted by atomic mass is 19.1. The second-order valence-corrected chi connectivity index (χ2v) is 14.1. The third-order valence-electron chi connectivity index (χ3n) is 9.91. The summed E-state index contributed by atoms with van der Waals surface area (Å²) >= 11 is 0. The van der Waals surface area contributed by atoms with Crippen LogP contribution in [0.25, 0.3) is 0 Å². The molecule has 2 amide bonds. The molecule has 240 valence electrons. The van der Waals surface area contributed by atoms with Gasteiger partial charge in [-0.15, -0.1) is 0 Å². The Bertz CT molecular complexity index is 1270. The zero-order chi connectivity index (χ0) is 31.2. The van der Waals surface area contributed by atoms with E-state index in [4.69, 9.17) is 9.47 Å². The van der Waals surface area contributed by atoms with E-state index in [2.05, 4.69) is 20.1 Å². The topological polar surface area (TPSA) is 104 Å². The normalized spacial score (nSPS) is 33.6. The third kappa shape index (κ3) is 6.22. The first-order valence-electron chi connectivity index (χ1n) is 16.2. The number of amides is 2. The summed E-state index contributed by atoms with van der Waals surface area (Å²) in [6, 6.07) is 4.72. The van der Waals surface area contributed by atoms with Gasteiger partial charge in [0.2, 0.25) is 0 Å². The summed E-state index contributed by atoms with van der Waals surface area (Å²) < 4.78 is 28.5. The fraction of sp³-hybridized carbons (Fsp3) is 0.697. The molecule has 0 radical (unpaired) electrons. The second kappa shape index (κ2) is 12.4. The van der Waals surface area contributed by atoms with Crippen molar-refractivity contribution in [1.29, 1.82) is 0 Å². The Morgan fingerprint density at radius 1 is 1.18 bits per heavy atom. The number of ether oxygens (including phenoxy) is 2. The molecule has 0 bridgehead atoms. The highest BCUT2D eigenvalue weighted by molar-refractivity contribution is 6.20. The number of likely N-dealkylation sites (tertiary alicyclic amines) is 1. The molecule has 0 aromatic carbocycles. The van der Waals surface area contributed by atoms with Crippen molar-refractivity contribution in [3.8, 4) is 0 Å². The van der Waals surface area contributed by atoms with Crippen LogP contribution in [0.1, 0.15) is 65.0 Å². The largest absolute Gasteiger partial charge is 0.444 e. The lowest BCUT2D eigenvalue weighted by molar-refractivity contribution is -0.210. The summed E-state index contributed by atoms with van der Waals surface area (Å²) in [5.41, 5.74) is 0.421. The van der Waals surface area contributed by atoms with E-state index in [1.807, 2.05) is 39.0 Å². The number of rotatable bonds is 6. The number of carbonyl (C=O) groups is 3. The first kappa shape index (κ1) is 31.0. The molecule has 6 rings (SSSR count). The zero-order valence-corrected chi connectivity index (χ0v) is 26.3. The number of hydrogen-bond donors (Lipinski definition) is 1. The maximum Gasteiger partial charge on any atom is 0.407 e. The first-order valence-corrected chi connectivity index (χ1v) is 16.2. The number of halogens is 1. The number of carbonyl (C=O) groups excluding carboxylic acids is 3. The van der Waals surface area contributed by atoms with Crippen LogP contribution in [0.2, 0.25) is 0 Å². The summed E-state index contributed by atoms with van der Waals surface area (Å²) in [6.07, 6.45) is 6.32. The number of pyridine rings is 1. The standard InChI is InChI=1S/C33H46FN5O5/c1-33(2,3)44-32(42)36-21-13-16-38(18-21)28-24(34)17-22-27-30(28)43-26-11-6-5-10-25(26)39(27)19-23(29(22)40)31(41)37(4)15-12-20-9-7-8-14-35-20/h7-9,14,19,21-22,24-28,30H,5-6,10-13,15-18H2,1-4H3,(H,36,42). The summed E-state index contributed by atoms with van der Waals surface area (Å²) in [7, 11) is 1.71. The molecule has 4 fully saturated rings. The van der Waals surface area contributed by atoms with Crippen LogP contribution in [0.4, 0.5) is 9.18 Å². The van der Waals surface area contributed by atoms with Crippen molar-refractivity contribution in [2.45, 2.75) is 114 Å². The lowest BCUT2D eigenvalue weighted by Crippen LogP contribution is -2.73. The number of morpholine rings is 1. The fourth-order valence-electron chi connectivity index (χ4n) is 7.94. The third-order valence-corrected chi connectivity index (χ3v) is 9.91. The van der Waals surface area contributed by atoms with Crippen LogP contribution in [-0.2, 0) is 25.5 Å². The Labute approximate surface area is 259 Å². The number of likely N-dealkylation sites (N-methyl/N-ethyl adjacent to an activating group) is 1. The minimum absolute atomic E-state index is 0.0465. The first-order chi connectivity index (χ1) is 21.0. The molecule has 1 N–H and O–H groups in total. The number of nitrogens with one attached hydrogen (secondary N) is 1. The number of alkyl halides is 1. The minimum Gasteiger partial charge on any atom is -0.444 e. The average Bonchev–Trinajstić information content (AvgIpc) is 3.43. The highest BCUT2D eigenvalue weighted by Crippen LogP contribution is 2.47. The Kier molecular flexibility index (Phi) is 8.71. The minimum atomic E-state index is -1.30. The van der Waals surface area contributed by atoms with Gasteiger partial charge in [0.1, 0.15) is 11.8 Å². The van der Waals surface area contributed by atoms with Crippen LogP contribution in [-0.4, -0.2) is 112 Å². The van der Waals surface area contributed by atoms with Gasteiger partial charge in [0, 0.05) is 63.2 Å². The average molecular weight is 612 g/mol. The van der Waals surface area contributed by atoms with Crippen molar-refractivity contribution >= 4 is 17.8 Å². The lowest BCUT2D eigenvalue weighted by atomic mass is 9.69. The molecular formula is C33H46FN5O5. The van der Waals surface area contributed by atoms with E-state index in [-0.39, 0.29) is 47.9 Å². The molecule has 8 unspecified atom stereocenters. The van der Waals surface area contributed by atoms with Gasteiger partial charge >= 0.3 is 6.09 Å². The van der Waals surface area contributed by atoms with E-state index >= 15 is 4.39 Å². The van der Waals surface area contributed by atoms with Crippen molar-refractivity contribution in [3.05, 3.63) is 41.9 Å². The molecule has 11 heteroatoms. The van der Waals surface area contributed by atoms with Gasteiger partial charge in [-0.05, 0) is 58.6 Å². The van der Waals surface area contributed by atoms with Crippen molar-refractivity contribution in [2.75, 3.05) is 26.7 Å². The van der Waals surface area contributed by atoms with E-state index in [0.29, 0.717) is 32.5 Å². The molecular weight excluding hydrogens is 565 g/mol. The van der Waals surface area contributed by atoms with E-state index < -0.39 is 35.9 Å². The van der Waals surface area contributed by atoms with Gasteiger partial charge in [-0.2, -0.15) is 0 Å². The van der Waals surface area contributed by atoms with Crippen molar-refractivity contribution < 1.29 is 28.2 Å². The van der Waals surface area contributed by atoms with E-state index in [1.54, 1.807) is 24.3 Å². The molecule has 2 saturated heterocycles. The maximum atomic E-state index is 16.3. The number of nitrogens with zero attached hydrogens (tertiary/aromatic N) is 4. The molecule has 2 aliphatic carbocycles. The molecule has 1 aromatic heterocycles. The van der Waals surface area contributed by atoms with Crippen molar-refractivity contribution in [1.82, 2.24) is 25.0 Å². The highest BCUT2D eigenvalue weighted by Gasteiger charge is 2.60. The lowest BCUT2D eigenvalue weighted by Gasteiger charge is -2.60. The van der Waals surface area contributed by atoms with Crippen LogP contribution in [0.5, 0.6) is 0 Å². The summed E-state index contributed by atoms with van der Waals surface area (Å²) in [6.45, 7) is 7.00. The number of hydrogen-bond acceptors (Lipinski definition) is 8. The molecule has 1 aromatic rings. The number of alkyl carbamates (subject to hydrolysis) is 1. The Morgan fingerprint density at radius 2 is 1.98 bits per heavy atom. The predicted molar refractivity (Wildman–Crippen MR) is 161 cm³/mol. The van der Waals surface area contributed by atoms with Gasteiger partial charge in [0.15, 0.2) is 5.78 Å². The van der Waals surface area contributed by atoms with Gasteiger partial charge in [0.05, 0.1) is 35.9 Å².